The fraction of sp³-hybridized carbons (Fsp3) is 0.885. The van der Waals surface area contributed by atoms with Gasteiger partial charge in [-0.15, -0.1) is 0 Å². The molecule has 0 radical (unpaired) electrons. The summed E-state index contributed by atoms with van der Waals surface area (Å²) < 4.78 is 0. The molecular weight excluding hydrogens is 360 g/mol. The maximum atomic E-state index is 12.1. The molecule has 3 heteroatoms. The van der Waals surface area contributed by atoms with Gasteiger partial charge in [0, 0.05) is 18.3 Å². The molecule has 0 heterocycles. The molecule has 29 heavy (non-hydrogen) atoms. The molecule has 8 atom stereocenters. The van der Waals surface area contributed by atoms with Gasteiger partial charge in [0.25, 0.3) is 0 Å². The second-order valence-corrected chi connectivity index (χ2v) is 11.2. The number of rotatable bonds is 3. The highest BCUT2D eigenvalue weighted by molar-refractivity contribution is 5.79. The Kier molecular flexibility index (Phi) is 5.67. The Morgan fingerprint density at radius 1 is 1.10 bits per heavy atom. The lowest BCUT2D eigenvalue weighted by atomic mass is 9.44. The largest absolute Gasteiger partial charge is 0.380 e. The average Bonchev–Trinajstić information content (AvgIpc) is 2.97. The standard InChI is InChI=1S/C26H40O3/c1-4-5-6-19(27)10-15-26(29)16-12-23-21-8-7-18-17-20(28)9-13-24(18,2)22(21)11-14-25(23,26)3/h18-19,21-23,27,29H,4-9,11-14,16-17H2,1-3H3/t18?,19?,21-,22-,23+,24+,25+,26?/m1/s1. The normalized spacial score (nSPS) is 47.4. The number of carbonyl (C=O) groups is 1. The van der Waals surface area contributed by atoms with Gasteiger partial charge in [-0.3, -0.25) is 4.79 Å². The number of unbranched alkanes of at least 4 members (excludes halogenated alkanes) is 1. The van der Waals surface area contributed by atoms with E-state index in [0.717, 1.165) is 57.8 Å². The zero-order valence-electron chi connectivity index (χ0n) is 18.7. The minimum atomic E-state index is -0.962. The number of hydrogen-bond donors (Lipinski definition) is 2. The van der Waals surface area contributed by atoms with Crippen molar-refractivity contribution >= 4 is 5.78 Å². The van der Waals surface area contributed by atoms with Crippen molar-refractivity contribution in [3.63, 3.8) is 0 Å². The number of ketones is 1. The third kappa shape index (κ3) is 3.39. The van der Waals surface area contributed by atoms with Crippen LogP contribution in [0, 0.1) is 46.3 Å². The Morgan fingerprint density at radius 2 is 1.86 bits per heavy atom. The van der Waals surface area contributed by atoms with Crippen molar-refractivity contribution in [2.24, 2.45) is 34.5 Å². The number of Topliss-reactive ketones (excluding diaryl/α,β-unsaturated/α-hetero) is 1. The van der Waals surface area contributed by atoms with E-state index in [1.54, 1.807) is 0 Å². The van der Waals surface area contributed by atoms with Crippen molar-refractivity contribution in [1.82, 2.24) is 0 Å². The van der Waals surface area contributed by atoms with Crippen LogP contribution >= 0.6 is 0 Å². The molecule has 4 fully saturated rings. The monoisotopic (exact) mass is 400 g/mol. The molecule has 0 bridgehead atoms. The fourth-order valence-corrected chi connectivity index (χ4v) is 7.94. The molecule has 0 saturated heterocycles. The van der Waals surface area contributed by atoms with E-state index in [9.17, 15) is 15.0 Å². The van der Waals surface area contributed by atoms with E-state index in [0.29, 0.717) is 41.3 Å². The van der Waals surface area contributed by atoms with Crippen molar-refractivity contribution in [3.05, 3.63) is 0 Å². The van der Waals surface area contributed by atoms with Crippen LogP contribution in [0.15, 0.2) is 0 Å². The van der Waals surface area contributed by atoms with Gasteiger partial charge in [0.1, 0.15) is 17.5 Å². The van der Waals surface area contributed by atoms with Gasteiger partial charge in [0.05, 0.1) is 0 Å². The van der Waals surface area contributed by atoms with Crippen LogP contribution in [0.25, 0.3) is 0 Å². The summed E-state index contributed by atoms with van der Waals surface area (Å²) in [5.41, 5.74) is -0.823. The van der Waals surface area contributed by atoms with Crippen molar-refractivity contribution in [1.29, 1.82) is 0 Å². The molecule has 2 N–H and O–H groups in total. The number of aliphatic hydroxyl groups excluding tert-OH is 1. The summed E-state index contributed by atoms with van der Waals surface area (Å²) in [5.74, 6) is 9.10. The summed E-state index contributed by atoms with van der Waals surface area (Å²) in [5, 5.41) is 21.8. The Balaban J connectivity index is 1.54. The summed E-state index contributed by atoms with van der Waals surface area (Å²) >= 11 is 0. The number of hydrogen-bond acceptors (Lipinski definition) is 3. The zero-order chi connectivity index (χ0) is 20.9. The third-order valence-corrected chi connectivity index (χ3v) is 9.91. The molecule has 0 aromatic heterocycles. The van der Waals surface area contributed by atoms with Crippen LogP contribution in [-0.2, 0) is 4.79 Å². The van der Waals surface area contributed by atoms with E-state index in [4.69, 9.17) is 0 Å². The van der Waals surface area contributed by atoms with Crippen molar-refractivity contribution in [2.75, 3.05) is 0 Å². The predicted octanol–water partition coefficient (Wildman–Crippen LogP) is 4.88. The molecule has 3 nitrogen and oxygen atoms in total. The Morgan fingerprint density at radius 3 is 2.62 bits per heavy atom. The van der Waals surface area contributed by atoms with Crippen LogP contribution in [0.4, 0.5) is 0 Å². The summed E-state index contributed by atoms with van der Waals surface area (Å²) in [6.07, 6.45) is 11.1. The van der Waals surface area contributed by atoms with Gasteiger partial charge < -0.3 is 10.2 Å². The first-order valence-electron chi connectivity index (χ1n) is 12.2. The number of carbonyl (C=O) groups excluding carboxylic acids is 1. The van der Waals surface area contributed by atoms with Gasteiger partial charge >= 0.3 is 0 Å². The van der Waals surface area contributed by atoms with Crippen molar-refractivity contribution < 1.29 is 15.0 Å². The van der Waals surface area contributed by atoms with Crippen molar-refractivity contribution in [3.8, 4) is 11.8 Å². The first-order chi connectivity index (χ1) is 13.7. The van der Waals surface area contributed by atoms with E-state index in [1.807, 2.05) is 0 Å². The maximum absolute atomic E-state index is 12.1. The van der Waals surface area contributed by atoms with Crippen LogP contribution in [0.2, 0.25) is 0 Å². The van der Waals surface area contributed by atoms with Crippen LogP contribution in [0.5, 0.6) is 0 Å². The molecule has 4 aliphatic rings. The molecule has 0 spiro atoms. The van der Waals surface area contributed by atoms with Gasteiger partial charge in [-0.2, -0.15) is 0 Å². The van der Waals surface area contributed by atoms with Gasteiger partial charge in [0.2, 0.25) is 0 Å². The zero-order valence-corrected chi connectivity index (χ0v) is 18.7. The van der Waals surface area contributed by atoms with Gasteiger partial charge in [-0.25, -0.2) is 0 Å². The summed E-state index contributed by atoms with van der Waals surface area (Å²) in [6.45, 7) is 6.85. The Hall–Kier alpha value is -0.850. The first-order valence-corrected chi connectivity index (χ1v) is 12.2. The molecule has 4 aliphatic carbocycles. The quantitative estimate of drug-likeness (QED) is 0.664. The molecule has 0 amide bonds. The summed E-state index contributed by atoms with van der Waals surface area (Å²) in [4.78, 5) is 12.1. The third-order valence-electron chi connectivity index (χ3n) is 9.91. The van der Waals surface area contributed by atoms with Crippen molar-refractivity contribution in [2.45, 2.75) is 110 Å². The Bertz CT molecular complexity index is 704. The lowest BCUT2D eigenvalue weighted by molar-refractivity contribution is -0.147. The molecule has 3 unspecified atom stereocenters. The van der Waals surface area contributed by atoms with Crippen LogP contribution in [0.1, 0.15) is 97.8 Å². The highest BCUT2D eigenvalue weighted by Crippen LogP contribution is 2.67. The molecule has 0 aromatic rings. The van der Waals surface area contributed by atoms with Gasteiger partial charge in [0.15, 0.2) is 0 Å². The van der Waals surface area contributed by atoms with E-state index < -0.39 is 11.7 Å². The highest BCUT2D eigenvalue weighted by atomic mass is 16.3. The van der Waals surface area contributed by atoms with Gasteiger partial charge in [-0.1, -0.05) is 45.5 Å². The number of fused-ring (bicyclic) bond motifs is 5. The minimum absolute atomic E-state index is 0.167. The van der Waals surface area contributed by atoms with Crippen LogP contribution < -0.4 is 0 Å². The maximum Gasteiger partial charge on any atom is 0.133 e. The van der Waals surface area contributed by atoms with Crippen LogP contribution in [-0.4, -0.2) is 27.7 Å². The second-order valence-electron chi connectivity index (χ2n) is 11.2. The SMILES string of the molecule is CCCCC(O)C#CC1(O)CC[C@H]2[C@@H]3CCC4CC(=O)CC[C@]4(C)[C@@H]3CC[C@@]21C. The van der Waals surface area contributed by atoms with E-state index in [-0.39, 0.29) is 5.41 Å². The van der Waals surface area contributed by atoms with Crippen LogP contribution in [0.3, 0.4) is 0 Å². The fourth-order valence-electron chi connectivity index (χ4n) is 7.94. The minimum Gasteiger partial charge on any atom is -0.380 e. The van der Waals surface area contributed by atoms with E-state index in [2.05, 4.69) is 32.6 Å². The second kappa shape index (κ2) is 7.69. The lowest BCUT2D eigenvalue weighted by Gasteiger charge is -2.60. The lowest BCUT2D eigenvalue weighted by Crippen LogP contribution is -2.56. The highest BCUT2D eigenvalue weighted by Gasteiger charge is 2.64. The molecule has 0 aromatic carbocycles. The average molecular weight is 401 g/mol. The molecule has 162 valence electrons. The van der Waals surface area contributed by atoms with Gasteiger partial charge in [-0.05, 0) is 80.5 Å². The van der Waals surface area contributed by atoms with E-state index >= 15 is 0 Å². The predicted molar refractivity (Wildman–Crippen MR) is 115 cm³/mol. The first kappa shape index (κ1) is 21.4. The molecule has 0 aliphatic heterocycles. The smallest absolute Gasteiger partial charge is 0.133 e. The molecule has 4 rings (SSSR count). The topological polar surface area (TPSA) is 57.5 Å². The molecular formula is C26H40O3. The Labute approximate surface area is 177 Å². The summed E-state index contributed by atoms with van der Waals surface area (Å²) in [7, 11) is 0. The molecule has 4 saturated carbocycles. The number of aliphatic hydroxyl groups is 2. The summed E-state index contributed by atoms with van der Waals surface area (Å²) in [6, 6.07) is 0. The van der Waals surface area contributed by atoms with E-state index in [1.165, 1.54) is 12.8 Å².